The Morgan fingerprint density at radius 3 is 2.84 bits per heavy atom. The Bertz CT molecular complexity index is 452. The summed E-state index contributed by atoms with van der Waals surface area (Å²) in [7, 11) is 4.13. The van der Waals surface area contributed by atoms with E-state index >= 15 is 0 Å². The maximum atomic E-state index is 12.5. The fourth-order valence-electron chi connectivity index (χ4n) is 2.56. The van der Waals surface area contributed by atoms with Crippen LogP contribution >= 0.6 is 0 Å². The summed E-state index contributed by atoms with van der Waals surface area (Å²) in [6, 6.07) is 3.91. The summed E-state index contributed by atoms with van der Waals surface area (Å²) < 4.78 is 0. The Labute approximate surface area is 114 Å². The van der Waals surface area contributed by atoms with E-state index in [1.54, 1.807) is 12.1 Å². The van der Waals surface area contributed by atoms with Crippen molar-refractivity contribution in [1.29, 1.82) is 0 Å². The number of pyridine rings is 1. The number of aryl methyl sites for hydroxylation is 1. The van der Waals surface area contributed by atoms with Gasteiger partial charge in [0.15, 0.2) is 0 Å². The summed E-state index contributed by atoms with van der Waals surface area (Å²) in [6.07, 6.45) is 2.20. The first-order valence-corrected chi connectivity index (χ1v) is 6.67. The van der Waals surface area contributed by atoms with Gasteiger partial charge in [0, 0.05) is 30.4 Å². The fraction of sp³-hybridized carbons (Fsp3) is 0.571. The largest absolute Gasteiger partial charge is 0.384 e. The third-order valence-corrected chi connectivity index (χ3v) is 3.63. The van der Waals surface area contributed by atoms with Crippen LogP contribution in [0.1, 0.15) is 28.9 Å². The van der Waals surface area contributed by atoms with Crippen molar-refractivity contribution in [2.24, 2.45) is 0 Å². The average Bonchev–Trinajstić information content (AvgIpc) is 2.37. The van der Waals surface area contributed by atoms with Crippen LogP contribution in [0.25, 0.3) is 0 Å². The zero-order chi connectivity index (χ0) is 14.0. The summed E-state index contributed by atoms with van der Waals surface area (Å²) in [5.41, 5.74) is 7.14. The minimum absolute atomic E-state index is 0.0590. The van der Waals surface area contributed by atoms with E-state index in [9.17, 15) is 4.79 Å². The number of piperidine rings is 1. The molecular weight excluding hydrogens is 240 g/mol. The molecule has 1 aliphatic rings. The molecule has 1 amide bonds. The first-order valence-electron chi connectivity index (χ1n) is 6.67. The van der Waals surface area contributed by atoms with Gasteiger partial charge in [0.25, 0.3) is 5.91 Å². The van der Waals surface area contributed by atoms with Crippen LogP contribution in [0, 0.1) is 6.92 Å². The van der Waals surface area contributed by atoms with Gasteiger partial charge in [-0.3, -0.25) is 4.79 Å². The lowest BCUT2D eigenvalue weighted by molar-refractivity contribution is 0.0635. The lowest BCUT2D eigenvalue weighted by Crippen LogP contribution is -2.47. The number of amides is 1. The molecule has 2 rings (SSSR count). The van der Waals surface area contributed by atoms with Crippen molar-refractivity contribution in [3.8, 4) is 0 Å². The number of likely N-dealkylation sites (tertiary alicyclic amines) is 1. The van der Waals surface area contributed by atoms with Crippen LogP contribution in [-0.2, 0) is 0 Å². The van der Waals surface area contributed by atoms with Crippen LogP contribution in [-0.4, -0.2) is 53.9 Å². The van der Waals surface area contributed by atoms with Gasteiger partial charge in [0.1, 0.15) is 5.82 Å². The topological polar surface area (TPSA) is 62.5 Å². The normalized spacial score (nSPS) is 19.8. The highest BCUT2D eigenvalue weighted by atomic mass is 16.2. The van der Waals surface area contributed by atoms with Gasteiger partial charge < -0.3 is 15.5 Å². The van der Waals surface area contributed by atoms with E-state index < -0.39 is 0 Å². The molecular formula is C14H22N4O. The van der Waals surface area contributed by atoms with Crippen molar-refractivity contribution in [3.05, 3.63) is 23.4 Å². The van der Waals surface area contributed by atoms with E-state index in [1.807, 2.05) is 11.8 Å². The van der Waals surface area contributed by atoms with Crippen LogP contribution in [0.4, 0.5) is 5.82 Å². The van der Waals surface area contributed by atoms with Crippen molar-refractivity contribution in [3.63, 3.8) is 0 Å². The monoisotopic (exact) mass is 262 g/mol. The molecule has 5 nitrogen and oxygen atoms in total. The molecule has 0 radical (unpaired) electrons. The van der Waals surface area contributed by atoms with Crippen LogP contribution in [0.2, 0.25) is 0 Å². The van der Waals surface area contributed by atoms with E-state index in [1.165, 1.54) is 0 Å². The number of anilines is 1. The third-order valence-electron chi connectivity index (χ3n) is 3.63. The van der Waals surface area contributed by atoms with Crippen molar-refractivity contribution >= 4 is 11.7 Å². The lowest BCUT2D eigenvalue weighted by atomic mass is 10.0. The number of nitrogen functional groups attached to an aromatic ring is 1. The molecule has 0 bridgehead atoms. The molecule has 1 unspecified atom stereocenters. The first kappa shape index (κ1) is 13.8. The highest BCUT2D eigenvalue weighted by Gasteiger charge is 2.25. The van der Waals surface area contributed by atoms with E-state index in [-0.39, 0.29) is 5.91 Å². The third kappa shape index (κ3) is 3.23. The molecule has 1 aromatic heterocycles. The maximum Gasteiger partial charge on any atom is 0.254 e. The van der Waals surface area contributed by atoms with Gasteiger partial charge in [-0.05, 0) is 46.0 Å². The summed E-state index contributed by atoms with van der Waals surface area (Å²) in [5.74, 6) is 0.466. The number of carbonyl (C=O) groups is 1. The van der Waals surface area contributed by atoms with Crippen LogP contribution in [0.5, 0.6) is 0 Å². The number of hydrogen-bond acceptors (Lipinski definition) is 4. The molecule has 2 N–H and O–H groups in total. The molecule has 1 fully saturated rings. The second-order valence-corrected chi connectivity index (χ2v) is 5.43. The maximum absolute atomic E-state index is 12.5. The average molecular weight is 262 g/mol. The second-order valence-electron chi connectivity index (χ2n) is 5.43. The minimum Gasteiger partial charge on any atom is -0.384 e. The Balaban J connectivity index is 2.14. The molecule has 1 aromatic rings. The van der Waals surface area contributed by atoms with Gasteiger partial charge in [-0.1, -0.05) is 0 Å². The van der Waals surface area contributed by atoms with Gasteiger partial charge in [-0.2, -0.15) is 0 Å². The van der Waals surface area contributed by atoms with Gasteiger partial charge >= 0.3 is 0 Å². The fourth-order valence-corrected chi connectivity index (χ4v) is 2.56. The number of nitrogens with zero attached hydrogens (tertiary/aromatic N) is 3. The Morgan fingerprint density at radius 1 is 1.47 bits per heavy atom. The van der Waals surface area contributed by atoms with Crippen LogP contribution < -0.4 is 5.73 Å². The number of rotatable bonds is 2. The van der Waals surface area contributed by atoms with Gasteiger partial charge in [0.05, 0.1) is 0 Å². The summed E-state index contributed by atoms with van der Waals surface area (Å²) >= 11 is 0. The molecule has 19 heavy (non-hydrogen) atoms. The lowest BCUT2D eigenvalue weighted by Gasteiger charge is -2.36. The molecule has 5 heteroatoms. The predicted molar refractivity (Wildman–Crippen MR) is 76.0 cm³/mol. The van der Waals surface area contributed by atoms with E-state index in [4.69, 9.17) is 5.73 Å². The van der Waals surface area contributed by atoms with Crippen LogP contribution in [0.15, 0.2) is 12.1 Å². The number of likely N-dealkylation sites (N-methyl/N-ethyl adjacent to an activating group) is 1. The van der Waals surface area contributed by atoms with Gasteiger partial charge in [-0.15, -0.1) is 0 Å². The Kier molecular flexibility index (Phi) is 4.04. The molecule has 0 spiro atoms. The number of carbonyl (C=O) groups excluding carboxylic acids is 1. The Morgan fingerprint density at radius 2 is 2.21 bits per heavy atom. The Hall–Kier alpha value is -1.62. The summed E-state index contributed by atoms with van der Waals surface area (Å²) in [6.45, 7) is 3.46. The molecule has 0 aliphatic carbocycles. The predicted octanol–water partition coefficient (Wildman–Crippen LogP) is 1.14. The minimum atomic E-state index is 0.0590. The van der Waals surface area contributed by atoms with E-state index in [2.05, 4.69) is 24.0 Å². The van der Waals surface area contributed by atoms with Crippen molar-refractivity contribution in [2.45, 2.75) is 25.8 Å². The first-order chi connectivity index (χ1) is 8.97. The highest BCUT2D eigenvalue weighted by Crippen LogP contribution is 2.17. The molecule has 1 atom stereocenters. The molecule has 104 valence electrons. The van der Waals surface area contributed by atoms with Gasteiger partial charge in [0.2, 0.25) is 0 Å². The SMILES string of the molecule is Cc1cc(C(=O)N2CCCC(N(C)C)C2)cc(N)n1. The molecule has 0 aromatic carbocycles. The molecule has 0 saturated carbocycles. The zero-order valence-electron chi connectivity index (χ0n) is 11.9. The second kappa shape index (κ2) is 5.57. The zero-order valence-corrected chi connectivity index (χ0v) is 11.9. The van der Waals surface area contributed by atoms with Crippen molar-refractivity contribution in [1.82, 2.24) is 14.8 Å². The number of nitrogens with two attached hydrogens (primary N) is 1. The van der Waals surface area contributed by atoms with E-state index in [0.29, 0.717) is 17.4 Å². The smallest absolute Gasteiger partial charge is 0.254 e. The summed E-state index contributed by atoms with van der Waals surface area (Å²) in [5, 5.41) is 0. The number of aromatic nitrogens is 1. The van der Waals surface area contributed by atoms with Gasteiger partial charge in [-0.25, -0.2) is 4.98 Å². The standard InChI is InChI=1S/C14H22N4O/c1-10-7-11(8-13(15)16-10)14(19)18-6-4-5-12(9-18)17(2)3/h7-8,12H,4-6,9H2,1-3H3,(H2,15,16). The molecule has 1 saturated heterocycles. The molecule has 1 aliphatic heterocycles. The quantitative estimate of drug-likeness (QED) is 0.868. The van der Waals surface area contributed by atoms with Crippen LogP contribution in [0.3, 0.4) is 0 Å². The van der Waals surface area contributed by atoms with Crippen molar-refractivity contribution in [2.75, 3.05) is 32.9 Å². The molecule has 2 heterocycles. The van der Waals surface area contributed by atoms with E-state index in [0.717, 1.165) is 31.6 Å². The van der Waals surface area contributed by atoms with Crippen molar-refractivity contribution < 1.29 is 4.79 Å². The summed E-state index contributed by atoms with van der Waals surface area (Å²) in [4.78, 5) is 20.7. The number of hydrogen-bond donors (Lipinski definition) is 1. The highest BCUT2D eigenvalue weighted by molar-refractivity contribution is 5.95.